The van der Waals surface area contributed by atoms with Gasteiger partial charge in [-0.3, -0.25) is 9.59 Å². The fourth-order valence-corrected chi connectivity index (χ4v) is 5.30. The lowest BCUT2D eigenvalue weighted by Gasteiger charge is -2.45. The summed E-state index contributed by atoms with van der Waals surface area (Å²) in [5.41, 5.74) is 2.06. The molecular formula is C29H37ClN2O4. The van der Waals surface area contributed by atoms with Crippen LogP contribution in [0.15, 0.2) is 42.5 Å². The maximum absolute atomic E-state index is 13.6. The predicted octanol–water partition coefficient (Wildman–Crippen LogP) is 5.96. The molecule has 194 valence electrons. The molecule has 6 nitrogen and oxygen atoms in total. The van der Waals surface area contributed by atoms with Crippen LogP contribution in [0.3, 0.4) is 0 Å². The van der Waals surface area contributed by atoms with E-state index in [9.17, 15) is 19.5 Å². The van der Waals surface area contributed by atoms with Crippen LogP contribution in [0, 0.1) is 11.3 Å². The first-order valence-electron chi connectivity index (χ1n) is 12.5. The molecule has 0 bridgehead atoms. The van der Waals surface area contributed by atoms with E-state index >= 15 is 0 Å². The van der Waals surface area contributed by atoms with E-state index in [-0.39, 0.29) is 34.3 Å². The lowest BCUT2D eigenvalue weighted by Crippen LogP contribution is -2.55. The predicted molar refractivity (Wildman–Crippen MR) is 143 cm³/mol. The molecular weight excluding hydrogens is 476 g/mol. The molecule has 0 radical (unpaired) electrons. The molecule has 2 N–H and O–H groups in total. The number of rotatable bonds is 7. The summed E-state index contributed by atoms with van der Waals surface area (Å²) in [5, 5.41) is 13.2. The third kappa shape index (κ3) is 6.09. The molecule has 2 aromatic carbocycles. The number of nitrogens with zero attached hydrogens (tertiary/aromatic N) is 1. The summed E-state index contributed by atoms with van der Waals surface area (Å²) in [6, 6.07) is 11.9. The average molecular weight is 513 g/mol. The summed E-state index contributed by atoms with van der Waals surface area (Å²) in [4.78, 5) is 40.3. The van der Waals surface area contributed by atoms with Gasteiger partial charge in [-0.05, 0) is 65.0 Å². The molecule has 1 saturated heterocycles. The summed E-state index contributed by atoms with van der Waals surface area (Å²) < 4.78 is 0. The number of hydrogen-bond donors (Lipinski definition) is 2. The minimum atomic E-state index is -1.07. The monoisotopic (exact) mass is 512 g/mol. The summed E-state index contributed by atoms with van der Waals surface area (Å²) in [6.45, 7) is 13.1. The smallest absolute Gasteiger partial charge is 0.335 e. The number of halogens is 1. The zero-order valence-electron chi connectivity index (χ0n) is 22.0. The highest BCUT2D eigenvalue weighted by Crippen LogP contribution is 2.42. The van der Waals surface area contributed by atoms with Crippen LogP contribution in [0.4, 0.5) is 0 Å². The van der Waals surface area contributed by atoms with Gasteiger partial charge in [-0.1, -0.05) is 71.3 Å². The number of benzene rings is 2. The van der Waals surface area contributed by atoms with E-state index < -0.39 is 17.9 Å². The summed E-state index contributed by atoms with van der Waals surface area (Å²) >= 11 is 6.07. The molecule has 7 heteroatoms. The average Bonchev–Trinajstić information content (AvgIpc) is 2.81. The Labute approximate surface area is 219 Å². The first-order valence-corrected chi connectivity index (χ1v) is 12.9. The van der Waals surface area contributed by atoms with Gasteiger partial charge in [0.05, 0.1) is 5.56 Å². The van der Waals surface area contributed by atoms with E-state index in [0.29, 0.717) is 29.6 Å². The van der Waals surface area contributed by atoms with Crippen LogP contribution >= 0.6 is 11.6 Å². The van der Waals surface area contributed by atoms with Crippen molar-refractivity contribution in [1.82, 2.24) is 10.2 Å². The lowest BCUT2D eigenvalue weighted by atomic mass is 9.70. The van der Waals surface area contributed by atoms with E-state index in [1.807, 2.05) is 44.7 Å². The molecule has 1 unspecified atom stereocenters. The van der Waals surface area contributed by atoms with Crippen LogP contribution < -0.4 is 5.32 Å². The number of aromatic carboxylic acids is 1. The highest BCUT2D eigenvalue weighted by Gasteiger charge is 2.40. The molecule has 0 saturated carbocycles. The number of likely N-dealkylation sites (tertiary alicyclic amines) is 1. The molecule has 1 aliphatic rings. The fourth-order valence-electron chi connectivity index (χ4n) is 5.18. The summed E-state index contributed by atoms with van der Waals surface area (Å²) in [5.74, 6) is -1.46. The third-order valence-corrected chi connectivity index (χ3v) is 7.45. The Hall–Kier alpha value is -2.86. The van der Waals surface area contributed by atoms with Crippen molar-refractivity contribution in [3.63, 3.8) is 0 Å². The number of piperidine rings is 1. The van der Waals surface area contributed by atoms with E-state index in [0.717, 1.165) is 6.42 Å². The molecule has 3 rings (SSSR count). The number of hydrogen-bond acceptors (Lipinski definition) is 3. The van der Waals surface area contributed by atoms with Gasteiger partial charge in [-0.15, -0.1) is 0 Å². The van der Waals surface area contributed by atoms with Crippen molar-refractivity contribution in [3.8, 4) is 0 Å². The molecule has 0 spiro atoms. The quantitative estimate of drug-likeness (QED) is 0.479. The molecule has 0 aromatic heterocycles. The Kier molecular flexibility index (Phi) is 8.50. The van der Waals surface area contributed by atoms with Crippen LogP contribution in [0.5, 0.6) is 0 Å². The molecule has 0 aliphatic carbocycles. The number of nitrogens with one attached hydrogen (secondary N) is 1. The fraction of sp³-hybridized carbons (Fsp3) is 0.483. The summed E-state index contributed by atoms with van der Waals surface area (Å²) in [7, 11) is 0. The van der Waals surface area contributed by atoms with Gasteiger partial charge in [0.25, 0.3) is 5.91 Å². The molecule has 1 fully saturated rings. The molecule has 1 heterocycles. The maximum atomic E-state index is 13.6. The zero-order chi connectivity index (χ0) is 26.8. The molecule has 1 aliphatic heterocycles. The Morgan fingerprint density at radius 1 is 1.06 bits per heavy atom. The van der Waals surface area contributed by atoms with Gasteiger partial charge in [-0.25, -0.2) is 4.79 Å². The normalized spacial score (nSPS) is 18.2. The highest BCUT2D eigenvalue weighted by atomic mass is 35.5. The van der Waals surface area contributed by atoms with Crippen molar-refractivity contribution in [1.29, 1.82) is 0 Å². The second-order valence-corrected chi connectivity index (χ2v) is 11.5. The van der Waals surface area contributed by atoms with Gasteiger partial charge >= 0.3 is 5.97 Å². The highest BCUT2D eigenvalue weighted by molar-refractivity contribution is 6.30. The minimum absolute atomic E-state index is 0.0114. The van der Waals surface area contributed by atoms with Gasteiger partial charge in [0, 0.05) is 23.7 Å². The largest absolute Gasteiger partial charge is 0.478 e. The Balaban J connectivity index is 1.77. The van der Waals surface area contributed by atoms with Crippen molar-refractivity contribution in [2.45, 2.75) is 65.8 Å². The Morgan fingerprint density at radius 2 is 1.69 bits per heavy atom. The number of carboxylic acid groups (broad SMARTS) is 1. The van der Waals surface area contributed by atoms with E-state index in [2.05, 4.69) is 31.3 Å². The van der Waals surface area contributed by atoms with Crippen LogP contribution in [-0.4, -0.2) is 46.9 Å². The van der Waals surface area contributed by atoms with E-state index in [1.54, 1.807) is 12.1 Å². The van der Waals surface area contributed by atoms with Crippen LogP contribution in [0.25, 0.3) is 0 Å². The number of carbonyl (C=O) groups excluding carboxylic acids is 2. The molecule has 36 heavy (non-hydrogen) atoms. The maximum Gasteiger partial charge on any atom is 0.335 e. The Morgan fingerprint density at radius 3 is 2.22 bits per heavy atom. The van der Waals surface area contributed by atoms with E-state index in [4.69, 9.17) is 11.6 Å². The second-order valence-electron chi connectivity index (χ2n) is 11.1. The lowest BCUT2D eigenvalue weighted by molar-refractivity contribution is -0.137. The van der Waals surface area contributed by atoms with Gasteiger partial charge in [0.15, 0.2) is 0 Å². The van der Waals surface area contributed by atoms with Crippen molar-refractivity contribution in [2.24, 2.45) is 11.3 Å². The second kappa shape index (κ2) is 11.0. The van der Waals surface area contributed by atoms with E-state index in [1.165, 1.54) is 11.6 Å². The molecule has 2 amide bonds. The first kappa shape index (κ1) is 27.7. The first-order chi connectivity index (χ1) is 16.8. The minimum Gasteiger partial charge on any atom is -0.478 e. The van der Waals surface area contributed by atoms with Crippen molar-refractivity contribution in [3.05, 3.63) is 69.7 Å². The zero-order valence-corrected chi connectivity index (χ0v) is 22.7. The summed E-state index contributed by atoms with van der Waals surface area (Å²) in [6.07, 6.45) is 0.817. The van der Waals surface area contributed by atoms with Crippen LogP contribution in [0.2, 0.25) is 5.02 Å². The molecule has 2 aromatic rings. The number of carboxylic acids is 1. The van der Waals surface area contributed by atoms with Crippen LogP contribution in [-0.2, 0) is 4.79 Å². The van der Waals surface area contributed by atoms with Crippen molar-refractivity contribution < 1.29 is 19.5 Å². The standard InChI is InChI=1S/C29H37ClN2O4/c1-17(2)22-12-9-20(15-23(22)28(35)36)26(33)31-25(18(3)4)27(34)32-14-13-24(29(5,6)16-32)19-7-10-21(30)11-8-19/h7-12,15,17-18,24-25H,13-14,16H2,1-6H3,(H,31,33)(H,35,36)/t24?,25-/m1/s1. The SMILES string of the molecule is CC(C)c1ccc(C(=O)N[C@@H](C(=O)N2CCC(c3ccc(Cl)cc3)C(C)(C)C2)C(C)C)cc1C(=O)O. The van der Waals surface area contributed by atoms with Gasteiger partial charge < -0.3 is 15.3 Å². The van der Waals surface area contributed by atoms with Crippen molar-refractivity contribution in [2.75, 3.05) is 13.1 Å². The Bertz CT molecular complexity index is 1120. The van der Waals surface area contributed by atoms with Gasteiger partial charge in [0.1, 0.15) is 6.04 Å². The topological polar surface area (TPSA) is 86.7 Å². The van der Waals surface area contributed by atoms with Crippen molar-refractivity contribution >= 4 is 29.4 Å². The van der Waals surface area contributed by atoms with Gasteiger partial charge in [-0.2, -0.15) is 0 Å². The van der Waals surface area contributed by atoms with Crippen LogP contribution in [0.1, 0.15) is 91.6 Å². The van der Waals surface area contributed by atoms with Gasteiger partial charge in [0.2, 0.25) is 5.91 Å². The number of carbonyl (C=O) groups is 3. The molecule has 2 atom stereocenters. The third-order valence-electron chi connectivity index (χ3n) is 7.20. The number of amides is 2.